The first-order valence-corrected chi connectivity index (χ1v) is 10.0. The Morgan fingerprint density at radius 1 is 0.929 bits per heavy atom. The summed E-state index contributed by atoms with van der Waals surface area (Å²) in [6.07, 6.45) is 5.29. The third-order valence-electron chi connectivity index (χ3n) is 5.53. The minimum absolute atomic E-state index is 0.00375. The van der Waals surface area contributed by atoms with Gasteiger partial charge in [-0.1, -0.05) is 47.0 Å². The lowest BCUT2D eigenvalue weighted by Crippen LogP contribution is -2.29. The molecule has 0 saturated heterocycles. The van der Waals surface area contributed by atoms with Crippen molar-refractivity contribution in [2.45, 2.75) is 18.4 Å². The van der Waals surface area contributed by atoms with E-state index < -0.39 is 0 Å². The highest BCUT2D eigenvalue weighted by atomic mass is 35.5. The second-order valence-electron chi connectivity index (χ2n) is 6.88. The Labute approximate surface area is 179 Å². The van der Waals surface area contributed by atoms with E-state index in [1.165, 1.54) is 0 Å². The molecule has 3 atom stereocenters. The normalized spacial score (nSPS) is 22.3. The van der Waals surface area contributed by atoms with Crippen molar-refractivity contribution in [2.75, 3.05) is 26.6 Å². The number of allylic oxidation sites excluding steroid dienone is 2. The van der Waals surface area contributed by atoms with Crippen LogP contribution in [0.15, 0.2) is 30.4 Å². The van der Waals surface area contributed by atoms with Crippen LogP contribution in [0.2, 0.25) is 15.1 Å². The van der Waals surface area contributed by atoms with E-state index in [-0.39, 0.29) is 17.9 Å². The SMILES string of the molecule is COc1cc([C@H]2Nc3c(Cl)cc(Cl)c(Cl)c3C3C=CCC32)cc(OC)c1OC. The van der Waals surface area contributed by atoms with E-state index in [9.17, 15) is 0 Å². The molecule has 0 saturated carbocycles. The van der Waals surface area contributed by atoms with Crippen LogP contribution in [0, 0.1) is 5.92 Å². The molecule has 0 amide bonds. The molecule has 1 aliphatic carbocycles. The molecule has 2 aromatic carbocycles. The van der Waals surface area contributed by atoms with Crippen molar-refractivity contribution in [2.24, 2.45) is 5.92 Å². The average molecular weight is 441 g/mol. The second-order valence-corrected chi connectivity index (χ2v) is 8.07. The summed E-state index contributed by atoms with van der Waals surface area (Å²) < 4.78 is 16.5. The predicted molar refractivity (Wildman–Crippen MR) is 114 cm³/mol. The van der Waals surface area contributed by atoms with Gasteiger partial charge in [0.25, 0.3) is 0 Å². The van der Waals surface area contributed by atoms with Crippen molar-refractivity contribution in [3.05, 3.63) is 56.5 Å². The Balaban J connectivity index is 1.86. The van der Waals surface area contributed by atoms with E-state index in [0.717, 1.165) is 23.2 Å². The Bertz CT molecular complexity index is 935. The number of methoxy groups -OCH3 is 3. The van der Waals surface area contributed by atoms with Gasteiger partial charge in [-0.25, -0.2) is 0 Å². The van der Waals surface area contributed by atoms with Crippen molar-refractivity contribution in [1.29, 1.82) is 0 Å². The van der Waals surface area contributed by atoms with Crippen molar-refractivity contribution < 1.29 is 14.2 Å². The van der Waals surface area contributed by atoms with Gasteiger partial charge in [0.15, 0.2) is 11.5 Å². The number of nitrogens with one attached hydrogen (secondary N) is 1. The molecule has 2 aromatic rings. The molecule has 28 heavy (non-hydrogen) atoms. The Hall–Kier alpha value is -1.75. The van der Waals surface area contributed by atoms with Crippen LogP contribution in [0.25, 0.3) is 0 Å². The molecular weight excluding hydrogens is 421 g/mol. The fraction of sp³-hybridized carbons (Fsp3) is 0.333. The number of halogens is 3. The summed E-state index contributed by atoms with van der Waals surface area (Å²) in [5.41, 5.74) is 2.81. The maximum absolute atomic E-state index is 6.56. The predicted octanol–water partition coefficient (Wildman–Crippen LogP) is 6.50. The highest BCUT2D eigenvalue weighted by Gasteiger charge is 2.41. The molecule has 4 rings (SSSR count). The fourth-order valence-corrected chi connectivity index (χ4v) is 5.08. The van der Waals surface area contributed by atoms with Crippen LogP contribution < -0.4 is 19.5 Å². The Morgan fingerprint density at radius 3 is 2.21 bits per heavy atom. The third-order valence-corrected chi connectivity index (χ3v) is 6.63. The number of benzene rings is 2. The molecule has 0 aromatic heterocycles. The summed E-state index contributed by atoms with van der Waals surface area (Å²) in [5, 5.41) is 5.17. The molecule has 2 unspecified atom stereocenters. The van der Waals surface area contributed by atoms with Gasteiger partial charge in [0.1, 0.15) is 0 Å². The molecular formula is C21H20Cl3NO3. The largest absolute Gasteiger partial charge is 0.493 e. The lowest BCUT2D eigenvalue weighted by atomic mass is 9.77. The Kier molecular flexibility index (Phi) is 5.30. The lowest BCUT2D eigenvalue weighted by molar-refractivity contribution is 0.322. The highest BCUT2D eigenvalue weighted by Crippen LogP contribution is 2.56. The van der Waals surface area contributed by atoms with Gasteiger partial charge in [-0.05, 0) is 36.1 Å². The molecule has 2 aliphatic rings. The Morgan fingerprint density at radius 2 is 1.61 bits per heavy atom. The van der Waals surface area contributed by atoms with Crippen LogP contribution in [0.5, 0.6) is 17.2 Å². The van der Waals surface area contributed by atoms with Crippen molar-refractivity contribution in [3.63, 3.8) is 0 Å². The molecule has 1 N–H and O–H groups in total. The number of rotatable bonds is 4. The van der Waals surface area contributed by atoms with E-state index in [4.69, 9.17) is 49.0 Å². The summed E-state index contributed by atoms with van der Waals surface area (Å²) in [5.74, 6) is 2.20. The number of hydrogen-bond donors (Lipinski definition) is 1. The number of anilines is 1. The molecule has 1 heterocycles. The van der Waals surface area contributed by atoms with Crippen LogP contribution >= 0.6 is 34.8 Å². The average Bonchev–Trinajstić information content (AvgIpc) is 3.19. The van der Waals surface area contributed by atoms with Gasteiger partial charge in [-0.15, -0.1) is 0 Å². The molecule has 0 bridgehead atoms. The van der Waals surface area contributed by atoms with E-state index >= 15 is 0 Å². The minimum atomic E-state index is -0.00375. The molecule has 1 aliphatic heterocycles. The lowest BCUT2D eigenvalue weighted by Gasteiger charge is -2.38. The van der Waals surface area contributed by atoms with Crippen LogP contribution in [0.3, 0.4) is 0 Å². The van der Waals surface area contributed by atoms with E-state index in [2.05, 4.69) is 17.5 Å². The van der Waals surface area contributed by atoms with Crippen LogP contribution in [0.1, 0.15) is 29.5 Å². The smallest absolute Gasteiger partial charge is 0.203 e. The van der Waals surface area contributed by atoms with Gasteiger partial charge in [0.05, 0.1) is 48.1 Å². The van der Waals surface area contributed by atoms with Crippen LogP contribution in [-0.2, 0) is 0 Å². The molecule has 4 nitrogen and oxygen atoms in total. The summed E-state index contributed by atoms with van der Waals surface area (Å²) in [4.78, 5) is 0. The topological polar surface area (TPSA) is 39.7 Å². The summed E-state index contributed by atoms with van der Waals surface area (Å²) in [6.45, 7) is 0. The maximum atomic E-state index is 6.56. The maximum Gasteiger partial charge on any atom is 0.203 e. The summed E-state index contributed by atoms with van der Waals surface area (Å²) in [7, 11) is 4.82. The van der Waals surface area contributed by atoms with Crippen molar-refractivity contribution >= 4 is 40.5 Å². The molecule has 7 heteroatoms. The van der Waals surface area contributed by atoms with Gasteiger partial charge in [-0.3, -0.25) is 0 Å². The van der Waals surface area contributed by atoms with E-state index in [1.54, 1.807) is 27.4 Å². The fourth-order valence-electron chi connectivity index (χ4n) is 4.27. The van der Waals surface area contributed by atoms with Gasteiger partial charge < -0.3 is 19.5 Å². The second kappa shape index (κ2) is 7.58. The van der Waals surface area contributed by atoms with E-state index in [1.807, 2.05) is 12.1 Å². The summed E-state index contributed by atoms with van der Waals surface area (Å²) >= 11 is 19.4. The van der Waals surface area contributed by atoms with Gasteiger partial charge in [0, 0.05) is 11.5 Å². The molecule has 0 spiro atoms. The van der Waals surface area contributed by atoms with E-state index in [0.29, 0.717) is 32.3 Å². The highest BCUT2D eigenvalue weighted by molar-refractivity contribution is 6.44. The monoisotopic (exact) mass is 439 g/mol. The minimum Gasteiger partial charge on any atom is -0.493 e. The van der Waals surface area contributed by atoms with Gasteiger partial charge in [-0.2, -0.15) is 0 Å². The first-order valence-electron chi connectivity index (χ1n) is 8.90. The third kappa shape index (κ3) is 2.99. The molecule has 0 radical (unpaired) electrons. The standard InChI is InChI=1S/C21H20Cl3NO3/c1-26-15-7-10(8-16(27-2)21(15)28-3)19-12-6-4-5-11(12)17-18(24)13(22)9-14(23)20(17)25-19/h4-5,7-9,11-12,19,25H,6H2,1-3H3/t11?,12?,19-/m1/s1. The van der Waals surface area contributed by atoms with Crippen LogP contribution in [0.4, 0.5) is 5.69 Å². The first-order chi connectivity index (χ1) is 13.5. The van der Waals surface area contributed by atoms with Crippen molar-refractivity contribution in [3.8, 4) is 17.2 Å². The summed E-state index contributed by atoms with van der Waals surface area (Å²) in [6, 6.07) is 5.63. The van der Waals surface area contributed by atoms with Crippen molar-refractivity contribution in [1.82, 2.24) is 0 Å². The quantitative estimate of drug-likeness (QED) is 0.435. The number of hydrogen-bond acceptors (Lipinski definition) is 4. The number of ether oxygens (including phenoxy) is 3. The van der Waals surface area contributed by atoms with Crippen LogP contribution in [-0.4, -0.2) is 21.3 Å². The molecule has 0 fully saturated rings. The van der Waals surface area contributed by atoms with Gasteiger partial charge in [0.2, 0.25) is 5.75 Å². The zero-order chi connectivity index (χ0) is 20.0. The first kappa shape index (κ1) is 19.6. The zero-order valence-electron chi connectivity index (χ0n) is 15.7. The zero-order valence-corrected chi connectivity index (χ0v) is 18.0. The van der Waals surface area contributed by atoms with Gasteiger partial charge >= 0.3 is 0 Å². The molecule has 148 valence electrons. The number of fused-ring (bicyclic) bond motifs is 3.